The van der Waals surface area contributed by atoms with Crippen molar-refractivity contribution in [3.05, 3.63) is 41.0 Å². The third-order valence-corrected chi connectivity index (χ3v) is 4.58. The number of fused-ring (bicyclic) bond motifs is 1. The SMILES string of the molecule is CN(C)C(=O)CCN1CCOc2c(O)cc(-c3ccc(Cl)cn3)cc2C1. The molecule has 1 aliphatic heterocycles. The Morgan fingerprint density at radius 1 is 1.38 bits per heavy atom. The highest BCUT2D eigenvalue weighted by atomic mass is 35.5. The fraction of sp³-hybridized carbons (Fsp3) is 0.368. The molecular formula is C19H22ClN3O3. The van der Waals surface area contributed by atoms with Crippen LogP contribution < -0.4 is 4.74 Å². The van der Waals surface area contributed by atoms with Crippen molar-refractivity contribution in [2.75, 3.05) is 33.8 Å². The van der Waals surface area contributed by atoms with Crippen LogP contribution in [0.1, 0.15) is 12.0 Å². The standard InChI is InChI=1S/C19H22ClN3O3/c1-22(2)18(25)5-6-23-7-8-26-19-14(12-23)9-13(10-17(19)24)16-4-3-15(20)11-21-16/h3-4,9-11,24H,5-8,12H2,1-2H3. The number of ether oxygens (including phenoxy) is 1. The quantitative estimate of drug-likeness (QED) is 0.890. The summed E-state index contributed by atoms with van der Waals surface area (Å²) in [4.78, 5) is 19.9. The molecule has 2 heterocycles. The maximum atomic E-state index is 11.8. The lowest BCUT2D eigenvalue weighted by Gasteiger charge is -2.20. The van der Waals surface area contributed by atoms with Gasteiger partial charge in [0.25, 0.3) is 0 Å². The molecule has 0 atom stereocenters. The van der Waals surface area contributed by atoms with Gasteiger partial charge in [-0.3, -0.25) is 14.7 Å². The number of halogens is 1. The van der Waals surface area contributed by atoms with Gasteiger partial charge in [-0.2, -0.15) is 0 Å². The number of phenolic OH excluding ortho intramolecular Hbond substituents is 1. The summed E-state index contributed by atoms with van der Waals surface area (Å²) in [5.74, 6) is 0.696. The number of carbonyl (C=O) groups is 1. The fourth-order valence-corrected chi connectivity index (χ4v) is 3.03. The molecule has 1 aliphatic rings. The van der Waals surface area contributed by atoms with Crippen molar-refractivity contribution >= 4 is 17.5 Å². The summed E-state index contributed by atoms with van der Waals surface area (Å²) in [5, 5.41) is 11.0. The first-order chi connectivity index (χ1) is 12.4. The van der Waals surface area contributed by atoms with Gasteiger partial charge in [-0.1, -0.05) is 11.6 Å². The summed E-state index contributed by atoms with van der Waals surface area (Å²) in [5.41, 5.74) is 2.41. The minimum absolute atomic E-state index is 0.0948. The zero-order valence-corrected chi connectivity index (χ0v) is 15.7. The Morgan fingerprint density at radius 3 is 2.88 bits per heavy atom. The first kappa shape index (κ1) is 18.5. The van der Waals surface area contributed by atoms with Crippen LogP contribution >= 0.6 is 11.6 Å². The van der Waals surface area contributed by atoms with Gasteiger partial charge in [0, 0.05) is 57.5 Å². The second kappa shape index (κ2) is 7.93. The molecule has 1 aromatic carbocycles. The van der Waals surface area contributed by atoms with Crippen LogP contribution in [0.2, 0.25) is 5.02 Å². The molecule has 0 fully saturated rings. The molecule has 7 heteroatoms. The monoisotopic (exact) mass is 375 g/mol. The number of amides is 1. The van der Waals surface area contributed by atoms with E-state index in [4.69, 9.17) is 16.3 Å². The number of rotatable bonds is 4. The molecule has 1 amide bonds. The van der Waals surface area contributed by atoms with E-state index in [1.807, 2.05) is 12.1 Å². The summed E-state index contributed by atoms with van der Waals surface area (Å²) in [6.07, 6.45) is 2.03. The molecule has 2 aromatic rings. The number of pyridine rings is 1. The number of hydrogen-bond acceptors (Lipinski definition) is 5. The molecule has 0 spiro atoms. The first-order valence-corrected chi connectivity index (χ1v) is 8.85. The van der Waals surface area contributed by atoms with Crippen LogP contribution in [-0.4, -0.2) is 59.6 Å². The van der Waals surface area contributed by atoms with Crippen molar-refractivity contribution in [3.63, 3.8) is 0 Å². The lowest BCUT2D eigenvalue weighted by Crippen LogP contribution is -2.31. The van der Waals surface area contributed by atoms with Gasteiger partial charge in [-0.25, -0.2) is 0 Å². The summed E-state index contributed by atoms with van der Waals surface area (Å²) < 4.78 is 5.75. The van der Waals surface area contributed by atoms with Crippen molar-refractivity contribution < 1.29 is 14.6 Å². The molecule has 1 aromatic heterocycles. The van der Waals surface area contributed by atoms with Crippen molar-refractivity contribution in [3.8, 4) is 22.8 Å². The van der Waals surface area contributed by atoms with E-state index in [-0.39, 0.29) is 11.7 Å². The summed E-state index contributed by atoms with van der Waals surface area (Å²) >= 11 is 5.90. The molecule has 6 nitrogen and oxygen atoms in total. The Labute approximate surface area is 158 Å². The molecule has 138 valence electrons. The first-order valence-electron chi connectivity index (χ1n) is 8.47. The molecule has 26 heavy (non-hydrogen) atoms. The van der Waals surface area contributed by atoms with Crippen molar-refractivity contribution in [1.82, 2.24) is 14.8 Å². The van der Waals surface area contributed by atoms with E-state index in [0.717, 1.165) is 16.8 Å². The van der Waals surface area contributed by atoms with E-state index in [1.54, 1.807) is 37.3 Å². The second-order valence-electron chi connectivity index (χ2n) is 6.51. The van der Waals surface area contributed by atoms with Gasteiger partial charge in [-0.15, -0.1) is 0 Å². The molecule has 0 aliphatic carbocycles. The lowest BCUT2D eigenvalue weighted by atomic mass is 10.0. The smallest absolute Gasteiger partial charge is 0.223 e. The van der Waals surface area contributed by atoms with Crippen LogP contribution in [0.25, 0.3) is 11.3 Å². The predicted molar refractivity (Wildman–Crippen MR) is 100 cm³/mol. The summed E-state index contributed by atoms with van der Waals surface area (Å²) in [7, 11) is 3.51. The van der Waals surface area contributed by atoms with Crippen LogP contribution in [-0.2, 0) is 11.3 Å². The van der Waals surface area contributed by atoms with Gasteiger partial charge in [-0.05, 0) is 24.3 Å². The van der Waals surface area contributed by atoms with E-state index in [0.29, 0.717) is 43.4 Å². The van der Waals surface area contributed by atoms with Crippen LogP contribution in [0.4, 0.5) is 0 Å². The van der Waals surface area contributed by atoms with E-state index in [1.165, 1.54) is 0 Å². The van der Waals surface area contributed by atoms with Gasteiger partial charge in [0.1, 0.15) is 6.61 Å². The Hall–Kier alpha value is -2.31. The number of carbonyl (C=O) groups excluding carboxylic acids is 1. The molecular weight excluding hydrogens is 354 g/mol. The Bertz CT molecular complexity index is 793. The number of aromatic hydroxyl groups is 1. The highest BCUT2D eigenvalue weighted by Crippen LogP contribution is 2.37. The van der Waals surface area contributed by atoms with Crippen LogP contribution in [0.5, 0.6) is 11.5 Å². The maximum Gasteiger partial charge on any atom is 0.223 e. The van der Waals surface area contributed by atoms with Crippen molar-refractivity contribution in [2.45, 2.75) is 13.0 Å². The molecule has 0 saturated carbocycles. The van der Waals surface area contributed by atoms with Gasteiger partial charge < -0.3 is 14.7 Å². The Balaban J connectivity index is 1.82. The summed E-state index contributed by atoms with van der Waals surface area (Å²) in [6, 6.07) is 7.20. The van der Waals surface area contributed by atoms with Crippen LogP contribution in [0.3, 0.4) is 0 Å². The van der Waals surface area contributed by atoms with Gasteiger partial charge in [0.2, 0.25) is 5.91 Å². The number of hydrogen-bond donors (Lipinski definition) is 1. The molecule has 0 unspecified atom stereocenters. The van der Waals surface area contributed by atoms with E-state index in [9.17, 15) is 9.90 Å². The second-order valence-corrected chi connectivity index (χ2v) is 6.94. The normalized spacial score (nSPS) is 14.3. The van der Waals surface area contributed by atoms with Crippen LogP contribution in [0.15, 0.2) is 30.5 Å². The molecule has 3 rings (SSSR count). The highest BCUT2D eigenvalue weighted by Gasteiger charge is 2.20. The zero-order valence-electron chi connectivity index (χ0n) is 14.9. The van der Waals surface area contributed by atoms with E-state index < -0.39 is 0 Å². The molecule has 0 bridgehead atoms. The summed E-state index contributed by atoms with van der Waals surface area (Å²) in [6.45, 7) is 2.41. The van der Waals surface area contributed by atoms with Gasteiger partial charge in [0.05, 0.1) is 10.7 Å². The van der Waals surface area contributed by atoms with Crippen molar-refractivity contribution in [2.24, 2.45) is 0 Å². The number of nitrogens with zero attached hydrogens (tertiary/aromatic N) is 3. The maximum absolute atomic E-state index is 11.8. The fourth-order valence-electron chi connectivity index (χ4n) is 2.92. The lowest BCUT2D eigenvalue weighted by molar-refractivity contribution is -0.129. The highest BCUT2D eigenvalue weighted by molar-refractivity contribution is 6.30. The largest absolute Gasteiger partial charge is 0.504 e. The average molecular weight is 376 g/mol. The Kier molecular flexibility index (Phi) is 5.64. The Morgan fingerprint density at radius 2 is 2.19 bits per heavy atom. The molecule has 0 radical (unpaired) electrons. The topological polar surface area (TPSA) is 65.9 Å². The third kappa shape index (κ3) is 4.26. The van der Waals surface area contributed by atoms with Crippen LogP contribution in [0, 0.1) is 0 Å². The third-order valence-electron chi connectivity index (χ3n) is 4.36. The minimum atomic E-state index is 0.0948. The predicted octanol–water partition coefficient (Wildman–Crippen LogP) is 2.78. The average Bonchev–Trinajstić information content (AvgIpc) is 2.82. The number of benzene rings is 1. The van der Waals surface area contributed by atoms with E-state index >= 15 is 0 Å². The molecule has 0 saturated heterocycles. The van der Waals surface area contributed by atoms with E-state index in [2.05, 4.69) is 9.88 Å². The van der Waals surface area contributed by atoms with Gasteiger partial charge >= 0.3 is 0 Å². The molecule has 1 N–H and O–H groups in total. The van der Waals surface area contributed by atoms with Crippen molar-refractivity contribution in [1.29, 1.82) is 0 Å². The number of aromatic nitrogens is 1. The number of phenols is 1. The minimum Gasteiger partial charge on any atom is -0.504 e. The zero-order chi connectivity index (χ0) is 18.7. The van der Waals surface area contributed by atoms with Gasteiger partial charge in [0.15, 0.2) is 11.5 Å².